The minimum absolute atomic E-state index is 0.318. The van der Waals surface area contributed by atoms with Crippen LogP contribution in [0.2, 0.25) is 5.02 Å². The standard InChI is InChI=1S/C18H20ClN/c1-2-11-20-18(15-9-5-6-10-17(15)19)16-12-13-7-3-4-8-14(13)16/h3-10,16,18,20H,2,11-12H2,1H3. The van der Waals surface area contributed by atoms with Crippen LogP contribution in [0.5, 0.6) is 0 Å². The minimum Gasteiger partial charge on any atom is -0.309 e. The Hall–Kier alpha value is -1.31. The molecule has 2 unspecified atom stereocenters. The lowest BCUT2D eigenvalue weighted by molar-refractivity contribution is 0.412. The van der Waals surface area contributed by atoms with Crippen molar-refractivity contribution in [2.45, 2.75) is 31.7 Å². The second kappa shape index (κ2) is 5.99. The van der Waals surface area contributed by atoms with Crippen LogP contribution in [-0.2, 0) is 6.42 Å². The molecule has 0 aromatic heterocycles. The van der Waals surface area contributed by atoms with Crippen molar-refractivity contribution in [3.63, 3.8) is 0 Å². The zero-order valence-electron chi connectivity index (χ0n) is 11.8. The number of nitrogens with one attached hydrogen (secondary N) is 1. The summed E-state index contributed by atoms with van der Waals surface area (Å²) < 4.78 is 0. The molecule has 1 nitrogen and oxygen atoms in total. The van der Waals surface area contributed by atoms with Gasteiger partial charge >= 0.3 is 0 Å². The predicted octanol–water partition coefficient (Wildman–Crippen LogP) is 4.72. The number of benzene rings is 2. The number of hydrogen-bond acceptors (Lipinski definition) is 1. The van der Waals surface area contributed by atoms with Crippen molar-refractivity contribution in [1.29, 1.82) is 0 Å². The molecule has 20 heavy (non-hydrogen) atoms. The molecule has 104 valence electrons. The van der Waals surface area contributed by atoms with Crippen molar-refractivity contribution >= 4 is 11.6 Å². The summed E-state index contributed by atoms with van der Waals surface area (Å²) in [5.41, 5.74) is 4.18. The van der Waals surface area contributed by atoms with Gasteiger partial charge in [-0.2, -0.15) is 0 Å². The zero-order valence-corrected chi connectivity index (χ0v) is 12.5. The van der Waals surface area contributed by atoms with Crippen molar-refractivity contribution in [3.8, 4) is 0 Å². The van der Waals surface area contributed by atoms with E-state index in [4.69, 9.17) is 11.6 Å². The number of halogens is 1. The highest BCUT2D eigenvalue weighted by molar-refractivity contribution is 6.31. The Balaban J connectivity index is 1.91. The van der Waals surface area contributed by atoms with Crippen LogP contribution in [0.4, 0.5) is 0 Å². The molecule has 0 spiro atoms. The van der Waals surface area contributed by atoms with Gasteiger partial charge in [0.1, 0.15) is 0 Å². The van der Waals surface area contributed by atoms with Gasteiger partial charge < -0.3 is 5.32 Å². The molecule has 1 aliphatic carbocycles. The van der Waals surface area contributed by atoms with E-state index in [2.05, 4.69) is 48.6 Å². The Morgan fingerprint density at radius 1 is 1.15 bits per heavy atom. The van der Waals surface area contributed by atoms with Gasteiger partial charge in [0.25, 0.3) is 0 Å². The molecular weight excluding hydrogens is 266 g/mol. The Labute approximate surface area is 126 Å². The van der Waals surface area contributed by atoms with E-state index in [1.165, 1.54) is 16.7 Å². The third-order valence-corrected chi connectivity index (χ3v) is 4.50. The lowest BCUT2D eigenvalue weighted by Crippen LogP contribution is -2.34. The molecule has 0 heterocycles. The first-order chi connectivity index (χ1) is 9.81. The Kier molecular flexibility index (Phi) is 4.09. The smallest absolute Gasteiger partial charge is 0.0454 e. The summed E-state index contributed by atoms with van der Waals surface area (Å²) >= 11 is 6.41. The van der Waals surface area contributed by atoms with E-state index >= 15 is 0 Å². The van der Waals surface area contributed by atoms with Crippen molar-refractivity contribution in [1.82, 2.24) is 5.32 Å². The maximum atomic E-state index is 6.41. The second-order valence-corrected chi connectivity index (χ2v) is 5.87. The lowest BCUT2D eigenvalue weighted by atomic mass is 9.71. The third kappa shape index (κ3) is 2.48. The Bertz CT molecular complexity index is 593. The van der Waals surface area contributed by atoms with Crippen LogP contribution < -0.4 is 5.32 Å². The SMILES string of the molecule is CCCNC(c1ccccc1Cl)C1Cc2ccccc21. The molecule has 2 aromatic carbocycles. The Morgan fingerprint density at radius 3 is 2.65 bits per heavy atom. The first kappa shape index (κ1) is 13.7. The molecule has 2 aromatic rings. The maximum absolute atomic E-state index is 6.41. The topological polar surface area (TPSA) is 12.0 Å². The average molecular weight is 286 g/mol. The van der Waals surface area contributed by atoms with E-state index in [0.29, 0.717) is 12.0 Å². The molecule has 0 saturated carbocycles. The molecular formula is C18H20ClN. The van der Waals surface area contributed by atoms with Crippen LogP contribution in [0.15, 0.2) is 48.5 Å². The molecule has 0 saturated heterocycles. The fourth-order valence-electron chi connectivity index (χ4n) is 3.09. The molecule has 0 amide bonds. The van der Waals surface area contributed by atoms with Gasteiger partial charge in [-0.15, -0.1) is 0 Å². The summed E-state index contributed by atoms with van der Waals surface area (Å²) in [6, 6.07) is 17.3. The summed E-state index contributed by atoms with van der Waals surface area (Å²) in [5, 5.41) is 4.55. The molecule has 2 atom stereocenters. The highest BCUT2D eigenvalue weighted by Gasteiger charge is 2.33. The second-order valence-electron chi connectivity index (χ2n) is 5.46. The molecule has 3 rings (SSSR count). The highest BCUT2D eigenvalue weighted by atomic mass is 35.5. The predicted molar refractivity (Wildman–Crippen MR) is 85.4 cm³/mol. The van der Waals surface area contributed by atoms with Gasteiger partial charge in [-0.3, -0.25) is 0 Å². The van der Waals surface area contributed by atoms with Crippen molar-refractivity contribution in [3.05, 3.63) is 70.2 Å². The first-order valence-corrected chi connectivity index (χ1v) is 7.74. The van der Waals surface area contributed by atoms with Gasteiger partial charge in [0.05, 0.1) is 0 Å². The number of hydrogen-bond donors (Lipinski definition) is 1. The molecule has 1 aliphatic rings. The summed E-state index contributed by atoms with van der Waals surface area (Å²) in [4.78, 5) is 0. The van der Waals surface area contributed by atoms with Crippen LogP contribution in [0.1, 0.15) is 42.0 Å². The number of fused-ring (bicyclic) bond motifs is 1. The van der Waals surface area contributed by atoms with Crippen LogP contribution >= 0.6 is 11.6 Å². The van der Waals surface area contributed by atoms with Gasteiger partial charge in [-0.1, -0.05) is 61.0 Å². The summed E-state index contributed by atoms with van der Waals surface area (Å²) in [6.45, 7) is 3.22. The van der Waals surface area contributed by atoms with Crippen molar-refractivity contribution in [2.75, 3.05) is 6.54 Å². The summed E-state index contributed by atoms with van der Waals surface area (Å²) in [6.07, 6.45) is 2.28. The molecule has 0 fully saturated rings. The zero-order chi connectivity index (χ0) is 13.9. The van der Waals surface area contributed by atoms with Crippen molar-refractivity contribution < 1.29 is 0 Å². The van der Waals surface area contributed by atoms with E-state index in [1.54, 1.807) is 0 Å². The monoisotopic (exact) mass is 285 g/mol. The molecule has 0 aliphatic heterocycles. The molecule has 2 heteroatoms. The average Bonchev–Trinajstić information content (AvgIpc) is 2.45. The quantitative estimate of drug-likeness (QED) is 0.838. The van der Waals surface area contributed by atoms with E-state index in [9.17, 15) is 0 Å². The van der Waals surface area contributed by atoms with E-state index in [-0.39, 0.29) is 0 Å². The number of rotatable bonds is 5. The van der Waals surface area contributed by atoms with Crippen LogP contribution in [0.3, 0.4) is 0 Å². The molecule has 0 bridgehead atoms. The highest BCUT2D eigenvalue weighted by Crippen LogP contribution is 2.44. The van der Waals surface area contributed by atoms with Crippen LogP contribution in [0.25, 0.3) is 0 Å². The van der Waals surface area contributed by atoms with Gasteiger partial charge in [-0.25, -0.2) is 0 Å². The fraction of sp³-hybridized carbons (Fsp3) is 0.333. The Morgan fingerprint density at radius 2 is 1.90 bits per heavy atom. The van der Waals surface area contributed by atoms with Crippen LogP contribution in [-0.4, -0.2) is 6.54 Å². The fourth-order valence-corrected chi connectivity index (χ4v) is 3.34. The van der Waals surface area contributed by atoms with E-state index in [0.717, 1.165) is 24.4 Å². The largest absolute Gasteiger partial charge is 0.309 e. The normalized spacial score (nSPS) is 18.2. The van der Waals surface area contributed by atoms with Crippen LogP contribution in [0, 0.1) is 0 Å². The summed E-state index contributed by atoms with van der Waals surface area (Å²) in [5.74, 6) is 0.539. The minimum atomic E-state index is 0.318. The third-order valence-electron chi connectivity index (χ3n) is 4.15. The van der Waals surface area contributed by atoms with Gasteiger partial charge in [0.15, 0.2) is 0 Å². The molecule has 0 radical (unpaired) electrons. The summed E-state index contributed by atoms with van der Waals surface area (Å²) in [7, 11) is 0. The van der Waals surface area contributed by atoms with E-state index < -0.39 is 0 Å². The maximum Gasteiger partial charge on any atom is 0.0454 e. The van der Waals surface area contributed by atoms with Gasteiger partial charge in [0.2, 0.25) is 0 Å². The molecule has 1 N–H and O–H groups in total. The lowest BCUT2D eigenvalue weighted by Gasteiger charge is -2.37. The first-order valence-electron chi connectivity index (χ1n) is 7.37. The van der Waals surface area contributed by atoms with Gasteiger partial charge in [-0.05, 0) is 42.1 Å². The van der Waals surface area contributed by atoms with Crippen molar-refractivity contribution in [2.24, 2.45) is 0 Å². The van der Waals surface area contributed by atoms with E-state index in [1.807, 2.05) is 12.1 Å². The van der Waals surface area contributed by atoms with Gasteiger partial charge in [0, 0.05) is 17.0 Å².